The van der Waals surface area contributed by atoms with Crippen molar-refractivity contribution < 1.29 is 14.6 Å². The van der Waals surface area contributed by atoms with E-state index >= 15 is 0 Å². The molecule has 0 bridgehead atoms. The number of thiazole rings is 1. The number of aromatic nitrogens is 1. The Morgan fingerprint density at radius 3 is 2.84 bits per heavy atom. The molecule has 0 saturated heterocycles. The summed E-state index contributed by atoms with van der Waals surface area (Å²) in [5.74, 6) is -0.275. The van der Waals surface area contributed by atoms with Gasteiger partial charge < -0.3 is 9.84 Å². The van der Waals surface area contributed by atoms with Gasteiger partial charge in [-0.2, -0.15) is 0 Å². The molecular formula is C20H27NO3S. The molecule has 0 aliphatic heterocycles. The van der Waals surface area contributed by atoms with Crippen LogP contribution in [0.4, 0.5) is 0 Å². The van der Waals surface area contributed by atoms with Gasteiger partial charge in [0.05, 0.1) is 24.1 Å². The Bertz CT molecular complexity index is 664. The van der Waals surface area contributed by atoms with Crippen LogP contribution in [0.25, 0.3) is 6.08 Å². The quantitative estimate of drug-likeness (QED) is 0.673. The molecule has 136 valence electrons. The molecule has 1 aromatic heterocycles. The summed E-state index contributed by atoms with van der Waals surface area (Å²) in [6, 6.07) is 0. The first-order valence-corrected chi connectivity index (χ1v) is 9.27. The summed E-state index contributed by atoms with van der Waals surface area (Å²) in [7, 11) is 1.69. The highest BCUT2D eigenvalue weighted by Gasteiger charge is 2.09. The molecule has 0 aromatic carbocycles. The van der Waals surface area contributed by atoms with E-state index in [0.29, 0.717) is 5.92 Å². The molecule has 1 atom stereocenters. The smallest absolute Gasteiger partial charge is 0.300 e. The van der Waals surface area contributed by atoms with Crippen LogP contribution in [0.1, 0.15) is 56.7 Å². The first-order chi connectivity index (χ1) is 12.0. The third-order valence-electron chi connectivity index (χ3n) is 3.50. The Labute approximate surface area is 154 Å². The molecule has 1 heterocycles. The van der Waals surface area contributed by atoms with E-state index in [9.17, 15) is 0 Å². The van der Waals surface area contributed by atoms with Gasteiger partial charge in [-0.15, -0.1) is 11.3 Å². The van der Waals surface area contributed by atoms with Crippen molar-refractivity contribution in [3.63, 3.8) is 0 Å². The van der Waals surface area contributed by atoms with Crippen LogP contribution in [0.15, 0.2) is 47.1 Å². The van der Waals surface area contributed by atoms with Crippen molar-refractivity contribution in [3.8, 4) is 0 Å². The van der Waals surface area contributed by atoms with E-state index in [1.165, 1.54) is 29.0 Å². The Balaban J connectivity index is 0.000000705. The maximum absolute atomic E-state index is 9.00. The number of nitrogens with zero attached hydrogens (tertiary/aromatic N) is 1. The Kier molecular flexibility index (Phi) is 9.55. The second-order valence-corrected chi connectivity index (χ2v) is 6.68. The van der Waals surface area contributed by atoms with E-state index in [4.69, 9.17) is 19.6 Å². The summed E-state index contributed by atoms with van der Waals surface area (Å²) in [6.45, 7) is 5.56. The Hall–Kier alpha value is -2.14. The molecule has 1 aromatic rings. The number of hydrogen-bond acceptors (Lipinski definition) is 4. The lowest BCUT2D eigenvalue weighted by Crippen LogP contribution is -1.92. The second-order valence-electron chi connectivity index (χ2n) is 5.79. The Morgan fingerprint density at radius 1 is 1.48 bits per heavy atom. The fourth-order valence-electron chi connectivity index (χ4n) is 2.35. The maximum atomic E-state index is 9.00. The summed E-state index contributed by atoms with van der Waals surface area (Å²) in [5, 5.41) is 10.8. The molecule has 0 radical (unpaired) electrons. The number of carbonyl (C=O) groups is 1. The van der Waals surface area contributed by atoms with Crippen LogP contribution in [0.3, 0.4) is 0 Å². The zero-order valence-corrected chi connectivity index (χ0v) is 16.2. The zero-order valence-electron chi connectivity index (χ0n) is 15.4. The lowest BCUT2D eigenvalue weighted by atomic mass is 9.99. The van der Waals surface area contributed by atoms with Crippen LogP contribution in [0, 0.1) is 0 Å². The summed E-state index contributed by atoms with van der Waals surface area (Å²) < 4.78 is 5.14. The summed E-state index contributed by atoms with van der Waals surface area (Å²) in [6.07, 6.45) is 15.7. The van der Waals surface area contributed by atoms with Gasteiger partial charge in [0, 0.05) is 18.2 Å². The van der Waals surface area contributed by atoms with Crippen LogP contribution in [-0.2, 0) is 9.53 Å². The largest absolute Gasteiger partial charge is 0.504 e. The van der Waals surface area contributed by atoms with Crippen molar-refractivity contribution in [2.75, 3.05) is 7.11 Å². The third-order valence-corrected chi connectivity index (χ3v) is 4.59. The lowest BCUT2D eigenvalue weighted by molar-refractivity contribution is -0.134. The van der Waals surface area contributed by atoms with Gasteiger partial charge in [0.2, 0.25) is 0 Å². The van der Waals surface area contributed by atoms with Gasteiger partial charge >= 0.3 is 0 Å². The minimum atomic E-state index is -0.833. The number of ether oxygens (including phenoxy) is 1. The highest BCUT2D eigenvalue weighted by molar-refractivity contribution is 7.09. The number of aliphatic carboxylic acids is 1. The van der Waals surface area contributed by atoms with Gasteiger partial charge in [0.1, 0.15) is 0 Å². The molecular weight excluding hydrogens is 334 g/mol. The number of hydrogen-bond donors (Lipinski definition) is 1. The molecule has 1 aliphatic carbocycles. The fourth-order valence-corrected chi connectivity index (χ4v) is 3.23. The molecule has 5 heteroatoms. The molecule has 0 saturated carbocycles. The van der Waals surface area contributed by atoms with E-state index in [2.05, 4.69) is 49.6 Å². The molecule has 2 rings (SSSR count). The fraction of sp³-hybridized carbons (Fsp3) is 0.400. The molecule has 0 amide bonds. The molecule has 1 N–H and O–H groups in total. The highest BCUT2D eigenvalue weighted by Crippen LogP contribution is 2.26. The standard InChI is InChI=1S/C18H23NOS.C2H4O2/c1-4-7-14(2)18-19-17(13-21-18)11-10-15-8-5-6-9-16(15)12-20-3;1-2(3)4/h5-6,8,10-14H,4,7,9H2,1-3H3;1H3,(H,3,4)/b11-10?,16-12-;. The lowest BCUT2D eigenvalue weighted by Gasteiger charge is -2.09. The van der Waals surface area contributed by atoms with E-state index in [0.717, 1.165) is 19.0 Å². The summed E-state index contributed by atoms with van der Waals surface area (Å²) in [4.78, 5) is 13.7. The van der Waals surface area contributed by atoms with Gasteiger partial charge in [-0.05, 0) is 30.1 Å². The van der Waals surface area contributed by atoms with Crippen molar-refractivity contribution in [3.05, 3.63) is 57.8 Å². The van der Waals surface area contributed by atoms with E-state index < -0.39 is 5.97 Å². The van der Waals surface area contributed by atoms with Crippen molar-refractivity contribution >= 4 is 23.4 Å². The first kappa shape index (κ1) is 20.9. The van der Waals surface area contributed by atoms with Crippen LogP contribution in [0.2, 0.25) is 0 Å². The predicted molar refractivity (Wildman–Crippen MR) is 105 cm³/mol. The molecule has 1 aliphatic rings. The first-order valence-electron chi connectivity index (χ1n) is 8.40. The number of allylic oxidation sites excluding steroid dienone is 6. The third kappa shape index (κ3) is 7.98. The normalized spacial score (nSPS) is 16.3. The number of methoxy groups -OCH3 is 1. The zero-order chi connectivity index (χ0) is 18.7. The Morgan fingerprint density at radius 2 is 2.20 bits per heavy atom. The van der Waals surface area contributed by atoms with Crippen LogP contribution in [0.5, 0.6) is 0 Å². The maximum Gasteiger partial charge on any atom is 0.300 e. The van der Waals surface area contributed by atoms with Crippen molar-refractivity contribution in [1.29, 1.82) is 0 Å². The van der Waals surface area contributed by atoms with Crippen molar-refractivity contribution in [2.45, 2.75) is 46.0 Å². The average Bonchev–Trinajstić information content (AvgIpc) is 3.03. The van der Waals surface area contributed by atoms with Gasteiger partial charge in [-0.1, -0.05) is 44.6 Å². The van der Waals surface area contributed by atoms with Crippen LogP contribution < -0.4 is 0 Å². The summed E-state index contributed by atoms with van der Waals surface area (Å²) in [5.41, 5.74) is 3.44. The number of carboxylic acid groups (broad SMARTS) is 1. The molecule has 25 heavy (non-hydrogen) atoms. The van der Waals surface area contributed by atoms with Gasteiger partial charge in [-0.3, -0.25) is 4.79 Å². The SMILES string of the molecule is CC(=O)O.CCCC(C)c1nc(C=CC2=CC=CC/C2=C/OC)cs1. The minimum absolute atomic E-state index is 0.558. The highest BCUT2D eigenvalue weighted by atomic mass is 32.1. The van der Waals surface area contributed by atoms with Gasteiger partial charge in [-0.25, -0.2) is 4.98 Å². The van der Waals surface area contributed by atoms with E-state index in [1.807, 2.05) is 6.26 Å². The van der Waals surface area contributed by atoms with Gasteiger partial charge in [0.15, 0.2) is 0 Å². The monoisotopic (exact) mass is 361 g/mol. The molecule has 1 unspecified atom stereocenters. The van der Waals surface area contributed by atoms with Gasteiger partial charge in [0.25, 0.3) is 5.97 Å². The molecule has 0 spiro atoms. The molecule has 0 fully saturated rings. The minimum Gasteiger partial charge on any atom is -0.504 e. The second kappa shape index (κ2) is 11.4. The van der Waals surface area contributed by atoms with E-state index in [1.54, 1.807) is 18.4 Å². The average molecular weight is 362 g/mol. The van der Waals surface area contributed by atoms with Crippen LogP contribution in [-0.4, -0.2) is 23.2 Å². The van der Waals surface area contributed by atoms with Crippen LogP contribution >= 0.6 is 11.3 Å². The summed E-state index contributed by atoms with van der Waals surface area (Å²) >= 11 is 1.76. The number of carboxylic acids is 1. The topological polar surface area (TPSA) is 59.4 Å². The van der Waals surface area contributed by atoms with Crippen molar-refractivity contribution in [2.24, 2.45) is 0 Å². The predicted octanol–water partition coefficient (Wildman–Crippen LogP) is 5.57. The van der Waals surface area contributed by atoms with E-state index in [-0.39, 0.29) is 0 Å². The number of rotatable bonds is 6. The molecule has 4 nitrogen and oxygen atoms in total. The van der Waals surface area contributed by atoms with Crippen molar-refractivity contribution in [1.82, 2.24) is 4.98 Å².